The lowest BCUT2D eigenvalue weighted by atomic mass is 10.0. The molecule has 144 valence electrons. The number of benzene rings is 2. The Labute approximate surface area is 163 Å². The fourth-order valence-electron chi connectivity index (χ4n) is 2.88. The van der Waals surface area contributed by atoms with Gasteiger partial charge in [-0.3, -0.25) is 10.1 Å². The molecule has 2 N–H and O–H groups in total. The molecule has 0 aliphatic carbocycles. The second kappa shape index (κ2) is 8.43. The van der Waals surface area contributed by atoms with E-state index in [0.29, 0.717) is 30.1 Å². The van der Waals surface area contributed by atoms with Crippen LogP contribution in [0.15, 0.2) is 54.8 Å². The maximum absolute atomic E-state index is 11.8. The van der Waals surface area contributed by atoms with Gasteiger partial charge in [0.15, 0.2) is 11.5 Å². The summed E-state index contributed by atoms with van der Waals surface area (Å²) in [7, 11) is 1.56. The lowest BCUT2D eigenvalue weighted by Crippen LogP contribution is -2.22. The van der Waals surface area contributed by atoms with Gasteiger partial charge in [-0.15, -0.1) is 6.58 Å². The number of methoxy groups -OCH3 is 1. The molecule has 1 heterocycles. The third kappa shape index (κ3) is 4.40. The first-order valence-electron chi connectivity index (χ1n) is 8.84. The van der Waals surface area contributed by atoms with Gasteiger partial charge in [-0.1, -0.05) is 35.9 Å². The first kappa shape index (κ1) is 19.2. The Morgan fingerprint density at radius 1 is 1.11 bits per heavy atom. The topological polar surface area (TPSA) is 76.7 Å². The molecule has 2 aromatic rings. The van der Waals surface area contributed by atoms with Gasteiger partial charge >= 0.3 is 6.03 Å². The van der Waals surface area contributed by atoms with E-state index in [2.05, 4.69) is 17.2 Å². The summed E-state index contributed by atoms with van der Waals surface area (Å²) in [6, 6.07) is 11.2. The Morgan fingerprint density at radius 3 is 2.46 bits per heavy atom. The number of carbonyl (C=O) groups is 2. The summed E-state index contributed by atoms with van der Waals surface area (Å²) in [4.78, 5) is 23.1. The second-order valence-corrected chi connectivity index (χ2v) is 6.44. The number of hydrogen-bond acceptors (Lipinski definition) is 4. The maximum Gasteiger partial charge on any atom is 0.326 e. The fraction of sp³-hybridized carbons (Fsp3) is 0.182. The van der Waals surface area contributed by atoms with Crippen molar-refractivity contribution in [3.05, 3.63) is 77.0 Å². The van der Waals surface area contributed by atoms with E-state index in [1.165, 1.54) is 5.56 Å². The van der Waals surface area contributed by atoms with E-state index in [1.54, 1.807) is 25.3 Å². The molecule has 0 saturated carbocycles. The molecule has 1 saturated heterocycles. The Kier molecular flexibility index (Phi) is 5.79. The molecule has 0 unspecified atom stereocenters. The van der Waals surface area contributed by atoms with Crippen LogP contribution < -0.4 is 20.1 Å². The predicted molar refractivity (Wildman–Crippen MR) is 107 cm³/mol. The Hall–Kier alpha value is -3.54. The number of imide groups is 1. The molecule has 6 nitrogen and oxygen atoms in total. The minimum absolute atomic E-state index is 0.185. The zero-order valence-electron chi connectivity index (χ0n) is 15.9. The fourth-order valence-corrected chi connectivity index (χ4v) is 2.88. The maximum atomic E-state index is 11.8. The van der Waals surface area contributed by atoms with E-state index < -0.39 is 11.9 Å². The van der Waals surface area contributed by atoms with Crippen molar-refractivity contribution in [2.24, 2.45) is 0 Å². The Bertz CT molecular complexity index is 946. The summed E-state index contributed by atoms with van der Waals surface area (Å²) in [6.45, 7) is 6.24. The predicted octanol–water partition coefficient (Wildman–Crippen LogP) is 3.49. The average molecular weight is 378 g/mol. The summed E-state index contributed by atoms with van der Waals surface area (Å²) in [6.07, 6.45) is 3.93. The average Bonchev–Trinajstić information content (AvgIpc) is 2.99. The highest BCUT2D eigenvalue weighted by Crippen LogP contribution is 2.35. The number of nitrogens with one attached hydrogen (secondary N) is 2. The van der Waals surface area contributed by atoms with Crippen LogP contribution in [0.2, 0.25) is 0 Å². The number of carbonyl (C=O) groups excluding carboxylic acids is 2. The van der Waals surface area contributed by atoms with Crippen molar-refractivity contribution in [1.82, 2.24) is 10.6 Å². The van der Waals surface area contributed by atoms with E-state index in [-0.39, 0.29) is 5.70 Å². The monoisotopic (exact) mass is 378 g/mol. The highest BCUT2D eigenvalue weighted by atomic mass is 16.5. The van der Waals surface area contributed by atoms with Gasteiger partial charge in [0.25, 0.3) is 5.91 Å². The summed E-state index contributed by atoms with van der Waals surface area (Å²) in [5, 5.41) is 4.66. The number of hydrogen-bond donors (Lipinski definition) is 2. The summed E-state index contributed by atoms with van der Waals surface area (Å²) < 4.78 is 11.6. The highest BCUT2D eigenvalue weighted by Gasteiger charge is 2.23. The number of amides is 3. The summed E-state index contributed by atoms with van der Waals surface area (Å²) >= 11 is 0. The summed E-state index contributed by atoms with van der Waals surface area (Å²) in [5.41, 5.74) is 4.01. The van der Waals surface area contributed by atoms with Crippen molar-refractivity contribution in [3.63, 3.8) is 0 Å². The number of aryl methyl sites for hydroxylation is 1. The van der Waals surface area contributed by atoms with Gasteiger partial charge < -0.3 is 14.8 Å². The minimum atomic E-state index is -0.535. The zero-order valence-corrected chi connectivity index (χ0v) is 15.9. The first-order valence-corrected chi connectivity index (χ1v) is 8.84. The van der Waals surface area contributed by atoms with Crippen LogP contribution in [0.25, 0.3) is 6.08 Å². The number of ether oxygens (including phenoxy) is 2. The molecule has 1 fully saturated rings. The van der Waals surface area contributed by atoms with Crippen molar-refractivity contribution in [2.75, 3.05) is 7.11 Å². The van der Waals surface area contributed by atoms with E-state index in [0.717, 1.165) is 11.1 Å². The van der Waals surface area contributed by atoms with Gasteiger partial charge in [-0.05, 0) is 42.7 Å². The van der Waals surface area contributed by atoms with Crippen LogP contribution in [0.3, 0.4) is 0 Å². The van der Waals surface area contributed by atoms with Gasteiger partial charge in [0.05, 0.1) is 7.11 Å². The number of rotatable bonds is 7. The molecule has 0 bridgehead atoms. The quantitative estimate of drug-likeness (QED) is 0.439. The molecule has 3 rings (SSSR count). The molecule has 0 atom stereocenters. The minimum Gasteiger partial charge on any atom is -0.493 e. The molecule has 28 heavy (non-hydrogen) atoms. The first-order chi connectivity index (χ1) is 13.5. The van der Waals surface area contributed by atoms with Crippen LogP contribution in [-0.2, 0) is 17.8 Å². The SMILES string of the molecule is C=CCc1cc(/C=C2\NC(=O)NC2=O)cc(OC)c1OCc1ccc(C)cc1. The summed E-state index contributed by atoms with van der Waals surface area (Å²) in [5.74, 6) is 0.710. The Balaban J connectivity index is 1.91. The van der Waals surface area contributed by atoms with E-state index in [4.69, 9.17) is 9.47 Å². The van der Waals surface area contributed by atoms with Crippen molar-refractivity contribution in [3.8, 4) is 11.5 Å². The van der Waals surface area contributed by atoms with E-state index in [9.17, 15) is 9.59 Å². The normalized spacial score (nSPS) is 14.6. The number of urea groups is 1. The van der Waals surface area contributed by atoms with Crippen LogP contribution in [0, 0.1) is 6.92 Å². The molecule has 2 aromatic carbocycles. The van der Waals surface area contributed by atoms with Crippen LogP contribution in [0.1, 0.15) is 22.3 Å². The van der Waals surface area contributed by atoms with Crippen LogP contribution in [0.5, 0.6) is 11.5 Å². The molecule has 0 radical (unpaired) electrons. The molecule has 6 heteroatoms. The van der Waals surface area contributed by atoms with Crippen molar-refractivity contribution in [2.45, 2.75) is 20.0 Å². The standard InChI is InChI=1S/C22H22N2O4/c1-4-5-17-10-16(11-18-21(25)24-22(26)23-18)12-19(27-3)20(17)28-13-15-8-6-14(2)7-9-15/h4,6-12H,1,5,13H2,2-3H3,(H2,23,24,25,26)/b18-11-. The van der Waals surface area contributed by atoms with Crippen LogP contribution in [-0.4, -0.2) is 19.0 Å². The van der Waals surface area contributed by atoms with Gasteiger partial charge in [-0.2, -0.15) is 0 Å². The zero-order chi connectivity index (χ0) is 20.1. The van der Waals surface area contributed by atoms with E-state index >= 15 is 0 Å². The third-order valence-electron chi connectivity index (χ3n) is 4.27. The van der Waals surface area contributed by atoms with E-state index in [1.807, 2.05) is 37.3 Å². The Morgan fingerprint density at radius 2 is 1.86 bits per heavy atom. The van der Waals surface area contributed by atoms with Crippen LogP contribution >= 0.6 is 0 Å². The van der Waals surface area contributed by atoms with Crippen LogP contribution in [0.4, 0.5) is 4.79 Å². The number of allylic oxidation sites excluding steroid dienone is 1. The largest absolute Gasteiger partial charge is 0.493 e. The highest BCUT2D eigenvalue weighted by molar-refractivity contribution is 6.14. The lowest BCUT2D eigenvalue weighted by molar-refractivity contribution is -0.115. The van der Waals surface area contributed by atoms with Crippen molar-refractivity contribution < 1.29 is 19.1 Å². The lowest BCUT2D eigenvalue weighted by Gasteiger charge is -2.16. The molecular formula is C22H22N2O4. The van der Waals surface area contributed by atoms with Gasteiger partial charge in [0.1, 0.15) is 12.3 Å². The molecule has 0 spiro atoms. The van der Waals surface area contributed by atoms with Gasteiger partial charge in [0.2, 0.25) is 0 Å². The van der Waals surface area contributed by atoms with Crippen molar-refractivity contribution in [1.29, 1.82) is 0 Å². The smallest absolute Gasteiger partial charge is 0.326 e. The van der Waals surface area contributed by atoms with Crippen molar-refractivity contribution >= 4 is 18.0 Å². The van der Waals surface area contributed by atoms with Gasteiger partial charge in [0, 0.05) is 5.56 Å². The molecule has 1 aliphatic heterocycles. The molecule has 0 aromatic heterocycles. The molecule has 3 amide bonds. The van der Waals surface area contributed by atoms with Gasteiger partial charge in [-0.25, -0.2) is 4.79 Å². The molecular weight excluding hydrogens is 356 g/mol. The second-order valence-electron chi connectivity index (χ2n) is 6.44. The molecule has 1 aliphatic rings. The third-order valence-corrected chi connectivity index (χ3v) is 4.27.